The first-order chi connectivity index (χ1) is 9.58. The van der Waals surface area contributed by atoms with Gasteiger partial charge < -0.3 is 20.7 Å². The Bertz CT molecular complexity index is 424. The number of hydrogen-bond acceptors (Lipinski definition) is 4. The number of carbonyl (C=O) groups excluding carboxylic acids is 1. The number of H-pyrrole nitrogens is 1. The average Bonchev–Trinajstić information content (AvgIpc) is 2.94. The number of aromatic amines is 1. The molecule has 2 amide bonds. The summed E-state index contributed by atoms with van der Waals surface area (Å²) in [6.45, 7) is 1.91. The Labute approximate surface area is 121 Å². The van der Waals surface area contributed by atoms with Crippen LogP contribution in [0.5, 0.6) is 0 Å². The van der Waals surface area contributed by atoms with Crippen LogP contribution in [0.25, 0.3) is 0 Å². The number of carboxylic acids is 1. The van der Waals surface area contributed by atoms with Gasteiger partial charge in [-0.2, -0.15) is 11.8 Å². The third-order valence-electron chi connectivity index (χ3n) is 2.78. The van der Waals surface area contributed by atoms with E-state index in [9.17, 15) is 9.59 Å². The summed E-state index contributed by atoms with van der Waals surface area (Å²) >= 11 is 1.54. The van der Waals surface area contributed by atoms with Gasteiger partial charge in [-0.15, -0.1) is 0 Å². The third-order valence-corrected chi connectivity index (χ3v) is 3.42. The molecule has 0 aliphatic rings. The third kappa shape index (κ3) is 5.12. The standard InChI is InChI=1S/C12H20N4O3S/c1-3-8(10-13-5-6-14-10)15-12(19)16-9(11(17)18)4-7-20-2/h5-6,8-9H,3-4,7H2,1-2H3,(H,13,14)(H,17,18)(H2,15,16,19)/t8?,9-/m1/s1. The van der Waals surface area contributed by atoms with Gasteiger partial charge in [-0.05, 0) is 24.9 Å². The summed E-state index contributed by atoms with van der Waals surface area (Å²) in [5.74, 6) is 0.297. The van der Waals surface area contributed by atoms with E-state index >= 15 is 0 Å². The van der Waals surface area contributed by atoms with Crippen LogP contribution in [0.4, 0.5) is 4.79 Å². The van der Waals surface area contributed by atoms with E-state index in [4.69, 9.17) is 5.11 Å². The van der Waals surface area contributed by atoms with Gasteiger partial charge >= 0.3 is 12.0 Å². The molecular formula is C12H20N4O3S. The molecule has 0 radical (unpaired) electrons. The van der Waals surface area contributed by atoms with Crippen LogP contribution in [0.3, 0.4) is 0 Å². The van der Waals surface area contributed by atoms with E-state index in [1.54, 1.807) is 24.2 Å². The molecule has 0 spiro atoms. The van der Waals surface area contributed by atoms with Crippen molar-refractivity contribution in [1.29, 1.82) is 0 Å². The Hall–Kier alpha value is -1.70. The van der Waals surface area contributed by atoms with E-state index in [0.717, 1.165) is 0 Å². The Kier molecular flexibility index (Phi) is 6.92. The number of carbonyl (C=O) groups is 2. The fourth-order valence-electron chi connectivity index (χ4n) is 1.68. The van der Waals surface area contributed by atoms with Gasteiger partial charge in [-0.3, -0.25) is 0 Å². The highest BCUT2D eigenvalue weighted by atomic mass is 32.2. The molecule has 1 aromatic rings. The van der Waals surface area contributed by atoms with E-state index < -0.39 is 18.0 Å². The van der Waals surface area contributed by atoms with E-state index in [0.29, 0.717) is 24.4 Å². The van der Waals surface area contributed by atoms with Gasteiger partial charge in [0.25, 0.3) is 0 Å². The van der Waals surface area contributed by atoms with E-state index in [1.807, 2.05) is 13.2 Å². The molecule has 1 unspecified atom stereocenters. The van der Waals surface area contributed by atoms with E-state index in [2.05, 4.69) is 20.6 Å². The second-order valence-corrected chi connectivity index (χ2v) is 5.21. The lowest BCUT2D eigenvalue weighted by atomic mass is 10.2. The van der Waals surface area contributed by atoms with Gasteiger partial charge in [-0.1, -0.05) is 6.92 Å². The molecule has 0 saturated carbocycles. The lowest BCUT2D eigenvalue weighted by Crippen LogP contribution is -2.47. The maximum Gasteiger partial charge on any atom is 0.326 e. The number of imidazole rings is 1. The SMILES string of the molecule is CCC(NC(=O)N[C@H](CCSC)C(=O)O)c1ncc[nH]1. The second-order valence-electron chi connectivity index (χ2n) is 4.23. The molecule has 1 heterocycles. The van der Waals surface area contributed by atoms with Crippen LogP contribution in [-0.2, 0) is 4.79 Å². The highest BCUT2D eigenvalue weighted by Gasteiger charge is 2.21. The van der Waals surface area contributed by atoms with Crippen molar-refractivity contribution in [2.45, 2.75) is 31.8 Å². The minimum atomic E-state index is -1.03. The summed E-state index contributed by atoms with van der Waals surface area (Å²) in [4.78, 5) is 29.9. The molecule has 0 aromatic carbocycles. The number of hydrogen-bond donors (Lipinski definition) is 4. The summed E-state index contributed by atoms with van der Waals surface area (Å²) in [7, 11) is 0. The van der Waals surface area contributed by atoms with E-state index in [-0.39, 0.29) is 6.04 Å². The van der Waals surface area contributed by atoms with Gasteiger partial charge in [0.05, 0.1) is 6.04 Å². The van der Waals surface area contributed by atoms with Crippen molar-refractivity contribution in [3.8, 4) is 0 Å². The second kappa shape index (κ2) is 8.47. The first-order valence-electron chi connectivity index (χ1n) is 6.36. The van der Waals surface area contributed by atoms with Crippen LogP contribution in [0.2, 0.25) is 0 Å². The van der Waals surface area contributed by atoms with Gasteiger partial charge in [0, 0.05) is 12.4 Å². The van der Waals surface area contributed by atoms with Crippen molar-refractivity contribution in [3.63, 3.8) is 0 Å². The van der Waals surface area contributed by atoms with E-state index in [1.165, 1.54) is 0 Å². The number of aromatic nitrogens is 2. The van der Waals surface area contributed by atoms with Crippen LogP contribution >= 0.6 is 11.8 Å². The van der Waals surface area contributed by atoms with Crippen molar-refractivity contribution >= 4 is 23.8 Å². The quantitative estimate of drug-likeness (QED) is 0.580. The number of nitrogens with one attached hydrogen (secondary N) is 3. The summed E-state index contributed by atoms with van der Waals surface area (Å²) < 4.78 is 0. The maximum atomic E-state index is 11.9. The number of aliphatic carboxylic acids is 1. The maximum absolute atomic E-state index is 11.9. The molecule has 112 valence electrons. The fraction of sp³-hybridized carbons (Fsp3) is 0.583. The Morgan fingerprint density at radius 3 is 2.75 bits per heavy atom. The number of amides is 2. The summed E-state index contributed by atoms with van der Waals surface area (Å²) in [6.07, 6.45) is 6.22. The normalized spacial score (nSPS) is 13.5. The van der Waals surface area contributed by atoms with Crippen molar-refractivity contribution in [3.05, 3.63) is 18.2 Å². The van der Waals surface area contributed by atoms with Gasteiger partial charge in [-0.25, -0.2) is 14.6 Å². The first-order valence-corrected chi connectivity index (χ1v) is 7.75. The molecule has 0 bridgehead atoms. The number of rotatable bonds is 8. The van der Waals surface area contributed by atoms with Crippen LogP contribution in [-0.4, -0.2) is 45.1 Å². The highest BCUT2D eigenvalue weighted by Crippen LogP contribution is 2.11. The number of nitrogens with zero attached hydrogens (tertiary/aromatic N) is 1. The van der Waals surface area contributed by atoms with Crippen molar-refractivity contribution in [2.24, 2.45) is 0 Å². The molecule has 1 rings (SSSR count). The van der Waals surface area contributed by atoms with Crippen molar-refractivity contribution in [1.82, 2.24) is 20.6 Å². The minimum Gasteiger partial charge on any atom is -0.480 e. The first kappa shape index (κ1) is 16.4. The van der Waals surface area contributed by atoms with Crippen molar-refractivity contribution in [2.75, 3.05) is 12.0 Å². The van der Waals surface area contributed by atoms with Gasteiger partial charge in [0.1, 0.15) is 11.9 Å². The average molecular weight is 300 g/mol. The van der Waals surface area contributed by atoms with Gasteiger partial charge in [0.2, 0.25) is 0 Å². The molecular weight excluding hydrogens is 280 g/mol. The monoisotopic (exact) mass is 300 g/mol. The number of urea groups is 1. The van der Waals surface area contributed by atoms with Crippen LogP contribution in [0, 0.1) is 0 Å². The number of carboxylic acid groups (broad SMARTS) is 1. The zero-order valence-electron chi connectivity index (χ0n) is 11.5. The Morgan fingerprint density at radius 2 is 2.25 bits per heavy atom. The molecule has 1 aromatic heterocycles. The summed E-state index contributed by atoms with van der Waals surface area (Å²) in [5, 5.41) is 14.2. The highest BCUT2D eigenvalue weighted by molar-refractivity contribution is 7.98. The zero-order valence-corrected chi connectivity index (χ0v) is 12.4. The van der Waals surface area contributed by atoms with Crippen LogP contribution in [0.1, 0.15) is 31.6 Å². The molecule has 7 nitrogen and oxygen atoms in total. The smallest absolute Gasteiger partial charge is 0.326 e. The molecule has 20 heavy (non-hydrogen) atoms. The predicted octanol–water partition coefficient (Wildman–Crippen LogP) is 1.37. The van der Waals surface area contributed by atoms with Gasteiger partial charge in [0.15, 0.2) is 0 Å². The molecule has 2 atom stereocenters. The minimum absolute atomic E-state index is 0.264. The molecule has 0 aliphatic heterocycles. The molecule has 4 N–H and O–H groups in total. The number of thioether (sulfide) groups is 1. The fourth-order valence-corrected chi connectivity index (χ4v) is 2.15. The van der Waals surface area contributed by atoms with Crippen molar-refractivity contribution < 1.29 is 14.7 Å². The topological polar surface area (TPSA) is 107 Å². The molecule has 8 heteroatoms. The van der Waals surface area contributed by atoms with Crippen LogP contribution < -0.4 is 10.6 Å². The lowest BCUT2D eigenvalue weighted by Gasteiger charge is -2.18. The predicted molar refractivity (Wildman–Crippen MR) is 77.7 cm³/mol. The Morgan fingerprint density at radius 1 is 1.50 bits per heavy atom. The molecule has 0 fully saturated rings. The summed E-state index contributed by atoms with van der Waals surface area (Å²) in [5.41, 5.74) is 0. The molecule has 0 saturated heterocycles. The lowest BCUT2D eigenvalue weighted by molar-refractivity contribution is -0.139. The summed E-state index contributed by atoms with van der Waals surface area (Å²) in [6, 6.07) is -1.64. The zero-order chi connectivity index (χ0) is 15.0. The Balaban J connectivity index is 2.53. The van der Waals surface area contributed by atoms with Crippen LogP contribution in [0.15, 0.2) is 12.4 Å². The molecule has 0 aliphatic carbocycles. The largest absolute Gasteiger partial charge is 0.480 e.